The summed E-state index contributed by atoms with van der Waals surface area (Å²) in [6, 6.07) is 5.49. The number of aliphatic carboxylic acids is 1. The lowest BCUT2D eigenvalue weighted by Gasteiger charge is -2.18. The Morgan fingerprint density at radius 1 is 1.36 bits per heavy atom. The van der Waals surface area contributed by atoms with E-state index in [2.05, 4.69) is 4.72 Å². The van der Waals surface area contributed by atoms with Crippen LogP contribution in [0.4, 0.5) is 4.39 Å². The molecule has 2 aliphatic rings. The Balaban J connectivity index is 1.75. The van der Waals surface area contributed by atoms with Gasteiger partial charge in [0.1, 0.15) is 0 Å². The number of hydrogen-bond acceptors (Lipinski definition) is 4. The Labute approximate surface area is 144 Å². The first-order chi connectivity index (χ1) is 11.7. The molecule has 1 aromatic carbocycles. The van der Waals surface area contributed by atoms with E-state index in [4.69, 9.17) is 5.11 Å². The third-order valence-corrected chi connectivity index (χ3v) is 5.96. The standard InChI is InChI=1S/C16H19FN2O5S/c17-16(15(21)22)6-7-19(10-16)14(20)12-2-1-3-13(8-12)25(23,24)18-9-11-4-5-11/h1-3,8,11,18H,4-7,9-10H2,(H,21,22). The quantitative estimate of drug-likeness (QED) is 0.778. The van der Waals surface area contributed by atoms with Crippen molar-refractivity contribution in [3.05, 3.63) is 29.8 Å². The van der Waals surface area contributed by atoms with Gasteiger partial charge < -0.3 is 10.0 Å². The summed E-state index contributed by atoms with van der Waals surface area (Å²) in [6.45, 7) is -0.202. The number of carbonyl (C=O) groups is 2. The lowest BCUT2D eigenvalue weighted by atomic mass is 10.1. The van der Waals surface area contributed by atoms with Crippen LogP contribution in [0.3, 0.4) is 0 Å². The monoisotopic (exact) mass is 370 g/mol. The van der Waals surface area contributed by atoms with Gasteiger partial charge in [0.15, 0.2) is 0 Å². The van der Waals surface area contributed by atoms with Crippen LogP contribution >= 0.6 is 0 Å². The molecule has 7 nitrogen and oxygen atoms in total. The minimum atomic E-state index is -3.72. The van der Waals surface area contributed by atoms with E-state index in [0.717, 1.165) is 17.7 Å². The number of nitrogens with one attached hydrogen (secondary N) is 1. The molecular weight excluding hydrogens is 351 g/mol. The number of halogens is 1. The summed E-state index contributed by atoms with van der Waals surface area (Å²) >= 11 is 0. The normalized spacial score (nSPS) is 23.6. The number of sulfonamides is 1. The molecule has 1 aromatic rings. The summed E-state index contributed by atoms with van der Waals surface area (Å²) in [5.41, 5.74) is -2.37. The highest BCUT2D eigenvalue weighted by Crippen LogP contribution is 2.29. The molecule has 0 bridgehead atoms. The summed E-state index contributed by atoms with van der Waals surface area (Å²) in [7, 11) is -3.72. The molecule has 0 radical (unpaired) electrons. The molecule has 1 unspecified atom stereocenters. The van der Waals surface area contributed by atoms with Gasteiger partial charge in [-0.25, -0.2) is 22.3 Å². The van der Waals surface area contributed by atoms with Crippen molar-refractivity contribution in [1.82, 2.24) is 9.62 Å². The largest absolute Gasteiger partial charge is 0.479 e. The van der Waals surface area contributed by atoms with Crippen molar-refractivity contribution in [2.75, 3.05) is 19.6 Å². The first-order valence-electron chi connectivity index (χ1n) is 8.03. The van der Waals surface area contributed by atoms with Crippen LogP contribution in [0.5, 0.6) is 0 Å². The number of amides is 1. The second-order valence-electron chi connectivity index (χ2n) is 6.57. The van der Waals surface area contributed by atoms with Crippen LogP contribution in [0, 0.1) is 5.92 Å². The van der Waals surface area contributed by atoms with Crippen LogP contribution in [0.1, 0.15) is 29.6 Å². The Morgan fingerprint density at radius 3 is 2.68 bits per heavy atom. The van der Waals surface area contributed by atoms with Gasteiger partial charge in [0, 0.05) is 25.1 Å². The second kappa shape index (κ2) is 6.38. The fourth-order valence-corrected chi connectivity index (χ4v) is 3.89. The highest BCUT2D eigenvalue weighted by atomic mass is 32.2. The van der Waals surface area contributed by atoms with Crippen molar-refractivity contribution in [2.45, 2.75) is 29.8 Å². The molecule has 3 rings (SSSR count). The number of carboxylic acids is 1. The summed E-state index contributed by atoms with van der Waals surface area (Å²) in [6.07, 6.45) is 1.73. The Morgan fingerprint density at radius 2 is 2.08 bits per heavy atom. The molecule has 1 amide bonds. The molecule has 9 heteroatoms. The molecule has 25 heavy (non-hydrogen) atoms. The van der Waals surface area contributed by atoms with Crippen molar-refractivity contribution in [2.24, 2.45) is 5.92 Å². The van der Waals surface area contributed by atoms with Crippen LogP contribution in [0.15, 0.2) is 29.2 Å². The average Bonchev–Trinajstić information content (AvgIpc) is 3.33. The average molecular weight is 370 g/mol. The van der Waals surface area contributed by atoms with E-state index < -0.39 is 34.1 Å². The molecular formula is C16H19FN2O5S. The number of hydrogen-bond donors (Lipinski definition) is 2. The predicted octanol–water partition coefficient (Wildman–Crippen LogP) is 1.01. The van der Waals surface area contributed by atoms with Gasteiger partial charge in [-0.15, -0.1) is 0 Å². The van der Waals surface area contributed by atoms with Crippen LogP contribution in [0.2, 0.25) is 0 Å². The van der Waals surface area contributed by atoms with Gasteiger partial charge in [0.2, 0.25) is 15.7 Å². The van der Waals surface area contributed by atoms with Crippen LogP contribution in [-0.2, 0) is 14.8 Å². The van der Waals surface area contributed by atoms with Gasteiger partial charge in [-0.3, -0.25) is 4.79 Å². The zero-order chi connectivity index (χ0) is 18.2. The van der Waals surface area contributed by atoms with E-state index in [1.807, 2.05) is 0 Å². The topological polar surface area (TPSA) is 104 Å². The number of alkyl halides is 1. The van der Waals surface area contributed by atoms with Crippen LogP contribution in [0.25, 0.3) is 0 Å². The minimum absolute atomic E-state index is 0.0292. The summed E-state index contributed by atoms with van der Waals surface area (Å²) in [4.78, 5) is 24.5. The molecule has 2 N–H and O–H groups in total. The van der Waals surface area contributed by atoms with E-state index in [9.17, 15) is 22.4 Å². The summed E-state index contributed by atoms with van der Waals surface area (Å²) < 4.78 is 41.2. The first-order valence-corrected chi connectivity index (χ1v) is 9.51. The van der Waals surface area contributed by atoms with Crippen LogP contribution in [-0.4, -0.2) is 55.6 Å². The maximum atomic E-state index is 14.1. The zero-order valence-electron chi connectivity index (χ0n) is 13.4. The molecule has 136 valence electrons. The van der Waals surface area contributed by atoms with Crippen molar-refractivity contribution in [3.63, 3.8) is 0 Å². The smallest absolute Gasteiger partial charge is 0.343 e. The molecule has 1 aliphatic heterocycles. The molecule has 2 fully saturated rings. The second-order valence-corrected chi connectivity index (χ2v) is 8.34. The van der Waals surface area contributed by atoms with Gasteiger partial charge >= 0.3 is 5.97 Å². The van der Waals surface area contributed by atoms with Gasteiger partial charge in [0.25, 0.3) is 5.91 Å². The molecule has 1 atom stereocenters. The summed E-state index contributed by atoms with van der Waals surface area (Å²) in [5.74, 6) is -1.80. The van der Waals surface area contributed by atoms with E-state index in [1.165, 1.54) is 24.3 Å². The zero-order valence-corrected chi connectivity index (χ0v) is 14.3. The number of nitrogens with zero attached hydrogens (tertiary/aromatic N) is 1. The van der Waals surface area contributed by atoms with E-state index in [-0.39, 0.29) is 23.4 Å². The SMILES string of the molecule is O=C(c1cccc(S(=O)(=O)NCC2CC2)c1)N1CCC(F)(C(=O)O)C1. The molecule has 0 spiro atoms. The van der Waals surface area contributed by atoms with E-state index in [0.29, 0.717) is 12.5 Å². The minimum Gasteiger partial charge on any atom is -0.479 e. The highest BCUT2D eigenvalue weighted by molar-refractivity contribution is 7.89. The number of rotatable bonds is 6. The van der Waals surface area contributed by atoms with Gasteiger partial charge in [0.05, 0.1) is 11.4 Å². The van der Waals surface area contributed by atoms with Gasteiger partial charge in [-0.1, -0.05) is 6.07 Å². The van der Waals surface area contributed by atoms with E-state index in [1.54, 1.807) is 0 Å². The summed E-state index contributed by atoms with van der Waals surface area (Å²) in [5, 5.41) is 8.90. The van der Waals surface area contributed by atoms with Gasteiger partial charge in [-0.05, 0) is 37.0 Å². The third kappa shape index (κ3) is 3.82. The van der Waals surface area contributed by atoms with Crippen molar-refractivity contribution in [1.29, 1.82) is 0 Å². The molecule has 1 heterocycles. The fraction of sp³-hybridized carbons (Fsp3) is 0.500. The lowest BCUT2D eigenvalue weighted by molar-refractivity contribution is -0.149. The van der Waals surface area contributed by atoms with Crippen molar-refractivity contribution >= 4 is 21.9 Å². The van der Waals surface area contributed by atoms with Crippen molar-refractivity contribution < 1.29 is 27.5 Å². The number of carboxylic acid groups (broad SMARTS) is 1. The first kappa shape index (κ1) is 17.8. The predicted molar refractivity (Wildman–Crippen MR) is 86.3 cm³/mol. The molecule has 1 saturated carbocycles. The lowest BCUT2D eigenvalue weighted by Crippen LogP contribution is -2.39. The molecule has 1 saturated heterocycles. The van der Waals surface area contributed by atoms with E-state index >= 15 is 0 Å². The Kier molecular flexibility index (Phi) is 4.54. The Bertz CT molecular complexity index is 808. The van der Waals surface area contributed by atoms with Gasteiger partial charge in [-0.2, -0.15) is 0 Å². The maximum Gasteiger partial charge on any atom is 0.343 e. The fourth-order valence-electron chi connectivity index (χ4n) is 2.73. The maximum absolute atomic E-state index is 14.1. The third-order valence-electron chi connectivity index (χ3n) is 4.54. The number of carbonyl (C=O) groups excluding carboxylic acids is 1. The number of benzene rings is 1. The number of likely N-dealkylation sites (tertiary alicyclic amines) is 1. The molecule has 0 aromatic heterocycles. The Hall–Kier alpha value is -2.00. The van der Waals surface area contributed by atoms with Crippen molar-refractivity contribution in [3.8, 4) is 0 Å². The van der Waals surface area contributed by atoms with Crippen LogP contribution < -0.4 is 4.72 Å². The highest BCUT2D eigenvalue weighted by Gasteiger charge is 2.47. The molecule has 1 aliphatic carbocycles.